The predicted molar refractivity (Wildman–Crippen MR) is 63.9 cm³/mol. The molecule has 0 aromatic carbocycles. The summed E-state index contributed by atoms with van der Waals surface area (Å²) in [7, 11) is 0. The third-order valence-corrected chi connectivity index (χ3v) is 3.70. The van der Waals surface area contributed by atoms with Gasteiger partial charge >= 0.3 is 5.97 Å². The van der Waals surface area contributed by atoms with Gasteiger partial charge in [-0.2, -0.15) is 0 Å². The van der Waals surface area contributed by atoms with Crippen molar-refractivity contribution in [2.75, 3.05) is 39.5 Å². The van der Waals surface area contributed by atoms with Crippen molar-refractivity contribution in [2.24, 2.45) is 11.3 Å². The molecule has 5 heteroatoms. The zero-order valence-electron chi connectivity index (χ0n) is 10.7. The van der Waals surface area contributed by atoms with Crippen LogP contribution in [0.3, 0.4) is 0 Å². The van der Waals surface area contributed by atoms with Crippen LogP contribution in [0, 0.1) is 11.3 Å². The molecule has 1 rings (SSSR count). The summed E-state index contributed by atoms with van der Waals surface area (Å²) in [5.74, 6) is -0.547. The molecular weight excluding hydrogens is 222 g/mol. The summed E-state index contributed by atoms with van der Waals surface area (Å²) in [5.41, 5.74) is -0.600. The van der Waals surface area contributed by atoms with Crippen LogP contribution >= 0.6 is 0 Å². The Morgan fingerprint density at radius 3 is 2.65 bits per heavy atom. The maximum absolute atomic E-state index is 11.4. The molecule has 2 N–H and O–H groups in total. The number of aliphatic hydroxyl groups is 1. The Balaban J connectivity index is 2.41. The predicted octanol–water partition coefficient (Wildman–Crippen LogP) is 0.428. The first-order valence-corrected chi connectivity index (χ1v) is 6.17. The van der Waals surface area contributed by atoms with E-state index in [1.165, 1.54) is 0 Å². The SMILES string of the molecule is CC(C)C1(C(=O)O)CCN(CCOCCO)C1. The van der Waals surface area contributed by atoms with Crippen molar-refractivity contribution in [3.8, 4) is 0 Å². The molecule has 100 valence electrons. The number of aliphatic carboxylic acids is 1. The van der Waals surface area contributed by atoms with Crippen LogP contribution in [-0.2, 0) is 9.53 Å². The van der Waals surface area contributed by atoms with Gasteiger partial charge in [0.1, 0.15) is 0 Å². The van der Waals surface area contributed by atoms with Gasteiger partial charge in [-0.1, -0.05) is 13.8 Å². The molecule has 0 radical (unpaired) electrons. The number of hydrogen-bond donors (Lipinski definition) is 2. The number of rotatable bonds is 7. The maximum Gasteiger partial charge on any atom is 0.311 e. The van der Waals surface area contributed by atoms with Crippen LogP contribution in [0.25, 0.3) is 0 Å². The quantitative estimate of drug-likeness (QED) is 0.636. The first-order valence-electron chi connectivity index (χ1n) is 6.17. The monoisotopic (exact) mass is 245 g/mol. The lowest BCUT2D eigenvalue weighted by Gasteiger charge is -2.28. The van der Waals surface area contributed by atoms with E-state index in [1.54, 1.807) is 0 Å². The molecule has 5 nitrogen and oxygen atoms in total. The minimum atomic E-state index is -0.689. The van der Waals surface area contributed by atoms with E-state index < -0.39 is 11.4 Å². The second kappa shape index (κ2) is 6.33. The molecule has 0 aliphatic carbocycles. The van der Waals surface area contributed by atoms with Crippen LogP contribution in [0.2, 0.25) is 0 Å². The fraction of sp³-hybridized carbons (Fsp3) is 0.917. The van der Waals surface area contributed by atoms with Crippen molar-refractivity contribution < 1.29 is 19.7 Å². The molecule has 0 aromatic rings. The summed E-state index contributed by atoms with van der Waals surface area (Å²) in [6.07, 6.45) is 0.708. The molecule has 1 fully saturated rings. The second-order valence-electron chi connectivity index (χ2n) is 4.98. The van der Waals surface area contributed by atoms with Gasteiger partial charge in [-0.15, -0.1) is 0 Å². The Kier molecular flexibility index (Phi) is 5.36. The lowest BCUT2D eigenvalue weighted by molar-refractivity contribution is -0.151. The van der Waals surface area contributed by atoms with E-state index in [-0.39, 0.29) is 12.5 Å². The first-order chi connectivity index (χ1) is 8.03. The van der Waals surface area contributed by atoms with Crippen LogP contribution in [0.4, 0.5) is 0 Å². The molecule has 0 amide bonds. The Labute approximate surface area is 102 Å². The molecule has 1 saturated heterocycles. The van der Waals surface area contributed by atoms with Crippen molar-refractivity contribution in [3.05, 3.63) is 0 Å². The van der Waals surface area contributed by atoms with Crippen LogP contribution in [0.1, 0.15) is 20.3 Å². The standard InChI is InChI=1S/C12H23NO4/c1-10(2)12(11(15)16)3-4-13(9-12)5-7-17-8-6-14/h10,14H,3-9H2,1-2H3,(H,15,16). The molecule has 0 spiro atoms. The zero-order chi connectivity index (χ0) is 12.9. The number of likely N-dealkylation sites (tertiary alicyclic amines) is 1. The molecule has 1 atom stereocenters. The van der Waals surface area contributed by atoms with E-state index in [4.69, 9.17) is 9.84 Å². The zero-order valence-corrected chi connectivity index (χ0v) is 10.7. The topological polar surface area (TPSA) is 70.0 Å². The summed E-state index contributed by atoms with van der Waals surface area (Å²) in [5, 5.41) is 17.9. The van der Waals surface area contributed by atoms with E-state index in [0.717, 1.165) is 13.1 Å². The molecule has 0 bridgehead atoms. The second-order valence-corrected chi connectivity index (χ2v) is 4.98. The molecule has 1 aliphatic rings. The molecule has 0 saturated carbocycles. The molecule has 17 heavy (non-hydrogen) atoms. The number of carboxylic acid groups (broad SMARTS) is 1. The van der Waals surface area contributed by atoms with E-state index in [2.05, 4.69) is 4.90 Å². The van der Waals surface area contributed by atoms with E-state index in [0.29, 0.717) is 26.2 Å². The van der Waals surface area contributed by atoms with Gasteiger partial charge in [-0.25, -0.2) is 0 Å². The van der Waals surface area contributed by atoms with Gasteiger partial charge in [0.05, 0.1) is 25.2 Å². The van der Waals surface area contributed by atoms with Crippen molar-refractivity contribution in [3.63, 3.8) is 0 Å². The normalized spacial score (nSPS) is 25.6. The van der Waals surface area contributed by atoms with Crippen molar-refractivity contribution in [1.29, 1.82) is 0 Å². The number of carbonyl (C=O) groups is 1. The minimum Gasteiger partial charge on any atom is -0.481 e. The molecule has 1 heterocycles. The average Bonchev–Trinajstić information content (AvgIpc) is 2.70. The van der Waals surface area contributed by atoms with Gasteiger partial charge in [-0.3, -0.25) is 9.69 Å². The number of hydrogen-bond acceptors (Lipinski definition) is 4. The first kappa shape index (κ1) is 14.4. The smallest absolute Gasteiger partial charge is 0.311 e. The number of carboxylic acids is 1. The van der Waals surface area contributed by atoms with Crippen LogP contribution < -0.4 is 0 Å². The largest absolute Gasteiger partial charge is 0.481 e. The summed E-state index contributed by atoms with van der Waals surface area (Å²) in [6, 6.07) is 0. The molecule has 1 aliphatic heterocycles. The Morgan fingerprint density at radius 2 is 2.18 bits per heavy atom. The number of ether oxygens (including phenoxy) is 1. The Morgan fingerprint density at radius 1 is 1.47 bits per heavy atom. The summed E-state index contributed by atoms with van der Waals surface area (Å²) in [6.45, 7) is 7.03. The van der Waals surface area contributed by atoms with Gasteiger partial charge in [0.2, 0.25) is 0 Å². The fourth-order valence-electron chi connectivity index (χ4n) is 2.36. The highest BCUT2D eigenvalue weighted by Crippen LogP contribution is 2.37. The highest BCUT2D eigenvalue weighted by Gasteiger charge is 2.46. The van der Waals surface area contributed by atoms with Gasteiger partial charge in [0, 0.05) is 13.1 Å². The summed E-state index contributed by atoms with van der Waals surface area (Å²) in [4.78, 5) is 13.5. The van der Waals surface area contributed by atoms with E-state index in [9.17, 15) is 9.90 Å². The molecule has 0 aromatic heterocycles. The van der Waals surface area contributed by atoms with Crippen LogP contribution in [0.15, 0.2) is 0 Å². The fourth-order valence-corrected chi connectivity index (χ4v) is 2.36. The van der Waals surface area contributed by atoms with E-state index in [1.807, 2.05) is 13.8 Å². The van der Waals surface area contributed by atoms with Gasteiger partial charge in [-0.05, 0) is 18.9 Å². The third-order valence-electron chi connectivity index (χ3n) is 3.70. The van der Waals surface area contributed by atoms with Gasteiger partial charge in [0.15, 0.2) is 0 Å². The van der Waals surface area contributed by atoms with Gasteiger partial charge < -0.3 is 14.9 Å². The number of aliphatic hydroxyl groups excluding tert-OH is 1. The molecular formula is C12H23NO4. The lowest BCUT2D eigenvalue weighted by Crippen LogP contribution is -2.39. The van der Waals surface area contributed by atoms with E-state index >= 15 is 0 Å². The third kappa shape index (κ3) is 3.40. The Hall–Kier alpha value is -0.650. The summed E-state index contributed by atoms with van der Waals surface area (Å²) >= 11 is 0. The summed E-state index contributed by atoms with van der Waals surface area (Å²) < 4.78 is 5.19. The van der Waals surface area contributed by atoms with Crippen LogP contribution in [-0.4, -0.2) is 60.5 Å². The highest BCUT2D eigenvalue weighted by atomic mass is 16.5. The average molecular weight is 245 g/mol. The minimum absolute atomic E-state index is 0.0328. The Bertz CT molecular complexity index is 257. The van der Waals surface area contributed by atoms with Crippen molar-refractivity contribution in [2.45, 2.75) is 20.3 Å². The molecule has 1 unspecified atom stereocenters. The van der Waals surface area contributed by atoms with Crippen molar-refractivity contribution in [1.82, 2.24) is 4.90 Å². The number of nitrogens with zero attached hydrogens (tertiary/aromatic N) is 1. The highest BCUT2D eigenvalue weighted by molar-refractivity contribution is 5.75. The van der Waals surface area contributed by atoms with Crippen molar-refractivity contribution >= 4 is 5.97 Å². The lowest BCUT2D eigenvalue weighted by atomic mass is 9.76. The maximum atomic E-state index is 11.4. The van der Waals surface area contributed by atoms with Crippen LogP contribution in [0.5, 0.6) is 0 Å². The van der Waals surface area contributed by atoms with Gasteiger partial charge in [0.25, 0.3) is 0 Å².